The highest BCUT2D eigenvalue weighted by molar-refractivity contribution is 7.89. The Labute approximate surface area is 148 Å². The molecule has 0 aliphatic carbocycles. The van der Waals surface area contributed by atoms with Gasteiger partial charge in [-0.25, -0.2) is 13.1 Å². The molecule has 0 aliphatic rings. The van der Waals surface area contributed by atoms with Gasteiger partial charge in [0.05, 0.1) is 23.7 Å². The van der Waals surface area contributed by atoms with Crippen LogP contribution < -0.4 is 10.0 Å². The Kier molecular flexibility index (Phi) is 5.99. The summed E-state index contributed by atoms with van der Waals surface area (Å²) in [5, 5.41) is 2.73. The smallest absolute Gasteiger partial charge is 0.240 e. The summed E-state index contributed by atoms with van der Waals surface area (Å²) in [6.07, 6.45) is 1.59. The van der Waals surface area contributed by atoms with Gasteiger partial charge in [0.2, 0.25) is 15.9 Å². The number of benzene rings is 1. The van der Waals surface area contributed by atoms with E-state index in [1.54, 1.807) is 31.4 Å². The molecule has 136 valence electrons. The number of likely N-dealkylation sites (N-methyl/N-ethyl adjacent to an activating group) is 1. The third-order valence-electron chi connectivity index (χ3n) is 4.04. The van der Waals surface area contributed by atoms with Gasteiger partial charge in [-0.3, -0.25) is 9.69 Å². The summed E-state index contributed by atoms with van der Waals surface area (Å²) in [5.41, 5.74) is 1.04. The van der Waals surface area contributed by atoms with Crippen molar-refractivity contribution < 1.29 is 17.6 Å². The van der Waals surface area contributed by atoms with Gasteiger partial charge in [-0.15, -0.1) is 0 Å². The lowest BCUT2D eigenvalue weighted by atomic mass is 10.2. The summed E-state index contributed by atoms with van der Waals surface area (Å²) in [6, 6.07) is 8.39. The fraction of sp³-hybridized carbons (Fsp3) is 0.353. The van der Waals surface area contributed by atoms with Gasteiger partial charge in [0.1, 0.15) is 5.76 Å². The van der Waals surface area contributed by atoms with Crippen LogP contribution in [0.4, 0.5) is 5.69 Å². The number of carbonyl (C=O) groups is 1. The van der Waals surface area contributed by atoms with E-state index in [1.165, 1.54) is 13.1 Å². The Hall–Kier alpha value is -2.16. The largest absolute Gasteiger partial charge is 0.468 e. The minimum absolute atomic E-state index is 0.0565. The molecule has 2 rings (SSSR count). The van der Waals surface area contributed by atoms with E-state index in [4.69, 9.17) is 4.42 Å². The number of nitrogens with one attached hydrogen (secondary N) is 2. The molecule has 0 bridgehead atoms. The van der Waals surface area contributed by atoms with Gasteiger partial charge < -0.3 is 9.73 Å². The zero-order chi connectivity index (χ0) is 18.6. The Morgan fingerprint density at radius 2 is 2.04 bits per heavy atom. The molecule has 1 aromatic heterocycles. The Morgan fingerprint density at radius 1 is 1.32 bits per heavy atom. The lowest BCUT2D eigenvalue weighted by Gasteiger charge is -2.22. The number of rotatable bonds is 7. The normalized spacial score (nSPS) is 13.0. The lowest BCUT2D eigenvalue weighted by Crippen LogP contribution is -2.32. The monoisotopic (exact) mass is 365 g/mol. The highest BCUT2D eigenvalue weighted by Gasteiger charge is 2.18. The van der Waals surface area contributed by atoms with E-state index in [-0.39, 0.29) is 23.4 Å². The fourth-order valence-corrected chi connectivity index (χ4v) is 3.38. The third kappa shape index (κ3) is 4.68. The maximum Gasteiger partial charge on any atom is 0.240 e. The van der Waals surface area contributed by atoms with Gasteiger partial charge >= 0.3 is 0 Å². The van der Waals surface area contributed by atoms with Crippen LogP contribution in [0.5, 0.6) is 0 Å². The first-order valence-electron chi connectivity index (χ1n) is 7.82. The SMILES string of the molecule is CNS(=O)(=O)c1cc(NC(=O)CN(C)C(C)c2ccco2)ccc1C. The van der Waals surface area contributed by atoms with Crippen LogP contribution in [0.3, 0.4) is 0 Å². The van der Waals surface area contributed by atoms with Crippen molar-refractivity contribution in [2.24, 2.45) is 0 Å². The first-order chi connectivity index (χ1) is 11.7. The van der Waals surface area contributed by atoms with Crippen molar-refractivity contribution in [3.63, 3.8) is 0 Å². The van der Waals surface area contributed by atoms with Crippen LogP contribution in [-0.2, 0) is 14.8 Å². The second kappa shape index (κ2) is 7.81. The zero-order valence-electron chi connectivity index (χ0n) is 14.7. The van der Waals surface area contributed by atoms with Gasteiger partial charge in [0, 0.05) is 5.69 Å². The average Bonchev–Trinajstić information content (AvgIpc) is 3.10. The summed E-state index contributed by atoms with van der Waals surface area (Å²) >= 11 is 0. The highest BCUT2D eigenvalue weighted by Crippen LogP contribution is 2.21. The van der Waals surface area contributed by atoms with Crippen LogP contribution in [0, 0.1) is 6.92 Å². The lowest BCUT2D eigenvalue weighted by molar-refractivity contribution is -0.117. The topological polar surface area (TPSA) is 91.7 Å². The maximum absolute atomic E-state index is 12.3. The molecular weight excluding hydrogens is 342 g/mol. The summed E-state index contributed by atoms with van der Waals surface area (Å²) < 4.78 is 31.7. The number of carbonyl (C=O) groups excluding carboxylic acids is 1. The van der Waals surface area contributed by atoms with Gasteiger partial charge in [0.25, 0.3) is 0 Å². The number of nitrogens with zero attached hydrogens (tertiary/aromatic N) is 1. The third-order valence-corrected chi connectivity index (χ3v) is 5.60. The first kappa shape index (κ1) is 19.2. The molecule has 8 heteroatoms. The molecule has 0 saturated heterocycles. The maximum atomic E-state index is 12.3. The molecule has 1 atom stereocenters. The average molecular weight is 365 g/mol. The fourth-order valence-electron chi connectivity index (χ4n) is 2.39. The minimum Gasteiger partial charge on any atom is -0.468 e. The van der Waals surface area contributed by atoms with E-state index < -0.39 is 10.0 Å². The van der Waals surface area contributed by atoms with Crippen LogP contribution in [0.1, 0.15) is 24.3 Å². The number of sulfonamides is 1. The minimum atomic E-state index is -3.58. The summed E-state index contributed by atoms with van der Waals surface area (Å²) in [7, 11) is -0.407. The quantitative estimate of drug-likeness (QED) is 0.784. The molecule has 1 heterocycles. The van der Waals surface area contributed by atoms with E-state index >= 15 is 0 Å². The van der Waals surface area contributed by atoms with Crippen molar-refractivity contribution in [1.29, 1.82) is 0 Å². The number of aryl methyl sites for hydroxylation is 1. The second-order valence-corrected chi connectivity index (χ2v) is 7.70. The van der Waals surface area contributed by atoms with E-state index in [2.05, 4.69) is 10.0 Å². The standard InChI is InChI=1S/C17H23N3O4S/c1-12-7-8-14(10-16(12)25(22,23)18-3)19-17(21)11-20(4)13(2)15-6-5-9-24-15/h5-10,13,18H,11H2,1-4H3,(H,19,21). The molecule has 1 unspecified atom stereocenters. The van der Waals surface area contributed by atoms with Crippen LogP contribution in [0.25, 0.3) is 0 Å². The summed E-state index contributed by atoms with van der Waals surface area (Å²) in [6.45, 7) is 3.79. The van der Waals surface area contributed by atoms with Crippen LogP contribution in [0.2, 0.25) is 0 Å². The Bertz CT molecular complexity index is 832. The summed E-state index contributed by atoms with van der Waals surface area (Å²) in [4.78, 5) is 14.2. The molecule has 0 saturated carbocycles. The molecule has 1 aromatic carbocycles. The van der Waals surface area contributed by atoms with E-state index in [9.17, 15) is 13.2 Å². The van der Waals surface area contributed by atoms with Gasteiger partial charge in [0.15, 0.2) is 0 Å². The first-order valence-corrected chi connectivity index (χ1v) is 9.30. The van der Waals surface area contributed by atoms with Crippen molar-refractivity contribution >= 4 is 21.6 Å². The van der Waals surface area contributed by atoms with Gasteiger partial charge in [-0.05, 0) is 57.8 Å². The molecule has 0 spiro atoms. The van der Waals surface area contributed by atoms with Gasteiger partial charge in [-0.2, -0.15) is 0 Å². The molecular formula is C17H23N3O4S. The number of hydrogen-bond donors (Lipinski definition) is 2. The van der Waals surface area contributed by atoms with Crippen molar-refractivity contribution in [2.45, 2.75) is 24.8 Å². The molecule has 1 amide bonds. The highest BCUT2D eigenvalue weighted by atomic mass is 32.2. The van der Waals surface area contributed by atoms with Crippen molar-refractivity contribution in [3.05, 3.63) is 47.9 Å². The van der Waals surface area contributed by atoms with Crippen molar-refractivity contribution in [1.82, 2.24) is 9.62 Å². The molecule has 0 fully saturated rings. The van der Waals surface area contributed by atoms with Crippen molar-refractivity contribution in [2.75, 3.05) is 26.0 Å². The number of furan rings is 1. The predicted molar refractivity (Wildman–Crippen MR) is 95.8 cm³/mol. The van der Waals surface area contributed by atoms with E-state index in [0.717, 1.165) is 5.76 Å². The molecule has 2 N–H and O–H groups in total. The second-order valence-electron chi connectivity index (χ2n) is 5.84. The van der Waals surface area contributed by atoms with Crippen molar-refractivity contribution in [3.8, 4) is 0 Å². The number of anilines is 1. The van der Waals surface area contributed by atoms with Gasteiger partial charge in [-0.1, -0.05) is 6.07 Å². The van der Waals surface area contributed by atoms with E-state index in [1.807, 2.05) is 24.9 Å². The molecule has 0 aliphatic heterocycles. The Balaban J connectivity index is 2.07. The molecule has 7 nitrogen and oxygen atoms in total. The molecule has 0 radical (unpaired) electrons. The molecule has 25 heavy (non-hydrogen) atoms. The molecule has 2 aromatic rings. The van der Waals surface area contributed by atoms with Crippen LogP contribution in [-0.4, -0.2) is 39.9 Å². The number of amides is 1. The number of hydrogen-bond acceptors (Lipinski definition) is 5. The zero-order valence-corrected chi connectivity index (χ0v) is 15.6. The van der Waals surface area contributed by atoms with Crippen LogP contribution >= 0.6 is 0 Å². The van der Waals surface area contributed by atoms with Crippen LogP contribution in [0.15, 0.2) is 45.9 Å². The predicted octanol–water partition coefficient (Wildman–Crippen LogP) is 2.13. The summed E-state index contributed by atoms with van der Waals surface area (Å²) in [5.74, 6) is 0.533. The van der Waals surface area contributed by atoms with E-state index in [0.29, 0.717) is 11.3 Å². The Morgan fingerprint density at radius 3 is 2.64 bits per heavy atom.